The lowest BCUT2D eigenvalue weighted by molar-refractivity contribution is 0.301. The van der Waals surface area contributed by atoms with Gasteiger partial charge < -0.3 is 10.5 Å². The van der Waals surface area contributed by atoms with Gasteiger partial charge in [0.15, 0.2) is 0 Å². The first kappa shape index (κ1) is 13.6. The summed E-state index contributed by atoms with van der Waals surface area (Å²) < 4.78 is 5.90. The van der Waals surface area contributed by atoms with Crippen molar-refractivity contribution < 1.29 is 4.74 Å². The Morgan fingerprint density at radius 3 is 2.26 bits per heavy atom. The van der Waals surface area contributed by atoms with Gasteiger partial charge in [-0.1, -0.05) is 47.5 Å². The van der Waals surface area contributed by atoms with Gasteiger partial charge in [-0.3, -0.25) is 0 Å². The molecular weight excluding hydrogens is 234 g/mol. The average Bonchev–Trinajstić information content (AvgIpc) is 2.39. The third-order valence-corrected chi connectivity index (χ3v) is 3.17. The van der Waals surface area contributed by atoms with E-state index in [1.807, 2.05) is 13.0 Å². The fourth-order valence-electron chi connectivity index (χ4n) is 2.00. The molecule has 2 rings (SSSR count). The van der Waals surface area contributed by atoms with Crippen LogP contribution in [0.4, 0.5) is 0 Å². The summed E-state index contributed by atoms with van der Waals surface area (Å²) in [5, 5.41) is 0. The van der Waals surface area contributed by atoms with Crippen molar-refractivity contribution in [3.63, 3.8) is 0 Å². The molecule has 0 aliphatic carbocycles. The van der Waals surface area contributed by atoms with E-state index < -0.39 is 0 Å². The summed E-state index contributed by atoms with van der Waals surface area (Å²) >= 11 is 0. The molecule has 2 N–H and O–H groups in total. The Morgan fingerprint density at radius 1 is 1.00 bits per heavy atom. The standard InChI is InChI=1S/C17H21NO/c1-12-4-7-15(8-5-12)11-19-17-9-6-13(2)10-16(17)14(3)18/h4-10,14H,11,18H2,1-3H3. The lowest BCUT2D eigenvalue weighted by Crippen LogP contribution is -2.08. The molecule has 0 amide bonds. The number of benzene rings is 2. The Morgan fingerprint density at radius 2 is 1.63 bits per heavy atom. The van der Waals surface area contributed by atoms with Crippen LogP contribution in [-0.4, -0.2) is 0 Å². The zero-order chi connectivity index (χ0) is 13.8. The highest BCUT2D eigenvalue weighted by atomic mass is 16.5. The summed E-state index contributed by atoms with van der Waals surface area (Å²) in [6.45, 7) is 6.70. The van der Waals surface area contributed by atoms with E-state index in [1.165, 1.54) is 16.7 Å². The largest absolute Gasteiger partial charge is 0.489 e. The van der Waals surface area contributed by atoms with Gasteiger partial charge in [0.05, 0.1) is 0 Å². The Bertz CT molecular complexity index is 544. The fraction of sp³-hybridized carbons (Fsp3) is 0.294. The molecule has 0 aromatic heterocycles. The first-order valence-corrected chi connectivity index (χ1v) is 6.61. The predicted octanol–water partition coefficient (Wildman–Crippen LogP) is 3.90. The molecule has 100 valence electrons. The maximum Gasteiger partial charge on any atom is 0.124 e. The maximum atomic E-state index is 5.99. The van der Waals surface area contributed by atoms with Gasteiger partial charge in [-0.15, -0.1) is 0 Å². The number of aryl methyl sites for hydroxylation is 2. The number of nitrogens with two attached hydrogens (primary N) is 1. The maximum absolute atomic E-state index is 5.99. The highest BCUT2D eigenvalue weighted by Crippen LogP contribution is 2.25. The molecule has 19 heavy (non-hydrogen) atoms. The molecule has 0 saturated heterocycles. The minimum absolute atomic E-state index is 0.0204. The molecule has 2 heteroatoms. The Balaban J connectivity index is 2.13. The predicted molar refractivity (Wildman–Crippen MR) is 79.3 cm³/mol. The van der Waals surface area contributed by atoms with Crippen LogP contribution in [0.15, 0.2) is 42.5 Å². The molecule has 0 saturated carbocycles. The van der Waals surface area contributed by atoms with E-state index in [0.717, 1.165) is 11.3 Å². The second-order valence-corrected chi connectivity index (χ2v) is 5.10. The molecule has 1 unspecified atom stereocenters. The molecule has 2 aromatic rings. The molecule has 2 nitrogen and oxygen atoms in total. The zero-order valence-electron chi connectivity index (χ0n) is 11.8. The van der Waals surface area contributed by atoms with E-state index >= 15 is 0 Å². The smallest absolute Gasteiger partial charge is 0.124 e. The Hall–Kier alpha value is -1.80. The third-order valence-electron chi connectivity index (χ3n) is 3.17. The molecule has 1 atom stereocenters. The fourth-order valence-corrected chi connectivity index (χ4v) is 2.00. The van der Waals surface area contributed by atoms with Crippen molar-refractivity contribution in [2.75, 3.05) is 0 Å². The molecule has 0 fully saturated rings. The van der Waals surface area contributed by atoms with Crippen LogP contribution in [0, 0.1) is 13.8 Å². The average molecular weight is 255 g/mol. The van der Waals surface area contributed by atoms with Gasteiger partial charge >= 0.3 is 0 Å². The number of hydrogen-bond acceptors (Lipinski definition) is 2. The van der Waals surface area contributed by atoms with Gasteiger partial charge in [0.25, 0.3) is 0 Å². The van der Waals surface area contributed by atoms with Crippen molar-refractivity contribution >= 4 is 0 Å². The van der Waals surface area contributed by atoms with Gasteiger partial charge in [0, 0.05) is 11.6 Å². The monoisotopic (exact) mass is 255 g/mol. The van der Waals surface area contributed by atoms with E-state index in [2.05, 4.69) is 50.2 Å². The van der Waals surface area contributed by atoms with Crippen molar-refractivity contribution in [2.45, 2.75) is 33.4 Å². The van der Waals surface area contributed by atoms with E-state index in [0.29, 0.717) is 6.61 Å². The molecule has 0 radical (unpaired) electrons. The van der Waals surface area contributed by atoms with Crippen molar-refractivity contribution in [1.82, 2.24) is 0 Å². The lowest BCUT2D eigenvalue weighted by atomic mass is 10.1. The first-order chi connectivity index (χ1) is 9.06. The first-order valence-electron chi connectivity index (χ1n) is 6.61. The van der Waals surface area contributed by atoms with Crippen molar-refractivity contribution in [1.29, 1.82) is 0 Å². The quantitative estimate of drug-likeness (QED) is 0.899. The van der Waals surface area contributed by atoms with Crippen molar-refractivity contribution in [3.05, 3.63) is 64.7 Å². The van der Waals surface area contributed by atoms with Crippen LogP contribution in [0.5, 0.6) is 5.75 Å². The van der Waals surface area contributed by atoms with E-state index in [-0.39, 0.29) is 6.04 Å². The topological polar surface area (TPSA) is 35.2 Å². The van der Waals surface area contributed by atoms with E-state index in [4.69, 9.17) is 10.5 Å². The number of ether oxygens (including phenoxy) is 1. The minimum atomic E-state index is -0.0204. The van der Waals surface area contributed by atoms with Gasteiger partial charge in [0.1, 0.15) is 12.4 Å². The van der Waals surface area contributed by atoms with Crippen molar-refractivity contribution in [3.8, 4) is 5.75 Å². The van der Waals surface area contributed by atoms with Gasteiger partial charge in [0.2, 0.25) is 0 Å². The van der Waals surface area contributed by atoms with Crippen LogP contribution in [0.3, 0.4) is 0 Å². The molecule has 0 spiro atoms. The van der Waals surface area contributed by atoms with E-state index in [9.17, 15) is 0 Å². The van der Waals surface area contributed by atoms with Crippen LogP contribution in [0.25, 0.3) is 0 Å². The van der Waals surface area contributed by atoms with Crippen LogP contribution in [-0.2, 0) is 6.61 Å². The summed E-state index contributed by atoms with van der Waals surface area (Å²) in [6, 6.07) is 14.5. The van der Waals surface area contributed by atoms with Crippen LogP contribution in [0.1, 0.15) is 35.2 Å². The summed E-state index contributed by atoms with van der Waals surface area (Å²) in [5.74, 6) is 0.876. The molecule has 0 aliphatic heterocycles. The molecular formula is C17H21NO. The summed E-state index contributed by atoms with van der Waals surface area (Å²) in [6.07, 6.45) is 0. The summed E-state index contributed by atoms with van der Waals surface area (Å²) in [7, 11) is 0. The third kappa shape index (κ3) is 3.58. The summed E-state index contributed by atoms with van der Waals surface area (Å²) in [4.78, 5) is 0. The highest BCUT2D eigenvalue weighted by Gasteiger charge is 2.08. The van der Waals surface area contributed by atoms with Gasteiger partial charge in [-0.25, -0.2) is 0 Å². The molecule has 2 aromatic carbocycles. The minimum Gasteiger partial charge on any atom is -0.489 e. The van der Waals surface area contributed by atoms with Gasteiger partial charge in [-0.05, 0) is 32.4 Å². The van der Waals surface area contributed by atoms with Crippen LogP contribution < -0.4 is 10.5 Å². The van der Waals surface area contributed by atoms with E-state index in [1.54, 1.807) is 0 Å². The summed E-state index contributed by atoms with van der Waals surface area (Å²) in [5.41, 5.74) is 10.7. The number of rotatable bonds is 4. The number of hydrogen-bond donors (Lipinski definition) is 1. The van der Waals surface area contributed by atoms with Crippen molar-refractivity contribution in [2.24, 2.45) is 5.73 Å². The SMILES string of the molecule is Cc1ccc(COc2ccc(C)cc2C(C)N)cc1. The highest BCUT2D eigenvalue weighted by molar-refractivity contribution is 5.39. The Kier molecular flexibility index (Phi) is 4.23. The molecule has 0 bridgehead atoms. The second-order valence-electron chi connectivity index (χ2n) is 5.10. The second kappa shape index (κ2) is 5.89. The molecule has 0 heterocycles. The van der Waals surface area contributed by atoms with Crippen LogP contribution >= 0.6 is 0 Å². The lowest BCUT2D eigenvalue weighted by Gasteiger charge is -2.15. The zero-order valence-corrected chi connectivity index (χ0v) is 11.8. The Labute approximate surface area is 115 Å². The van der Waals surface area contributed by atoms with Crippen LogP contribution in [0.2, 0.25) is 0 Å². The normalized spacial score (nSPS) is 12.2. The van der Waals surface area contributed by atoms with Gasteiger partial charge in [-0.2, -0.15) is 0 Å². The molecule has 0 aliphatic rings.